The molecule has 5 nitrogen and oxygen atoms in total. The van der Waals surface area contributed by atoms with Crippen LogP contribution in [0.15, 0.2) is 71.2 Å². The van der Waals surface area contributed by atoms with E-state index in [2.05, 4.69) is 21.2 Å². The second-order valence-corrected chi connectivity index (χ2v) is 10.7. The van der Waals surface area contributed by atoms with Crippen LogP contribution < -0.4 is 10.1 Å². The first-order chi connectivity index (χ1) is 17.7. The van der Waals surface area contributed by atoms with Gasteiger partial charge in [-0.25, -0.2) is 0 Å². The first kappa shape index (κ1) is 29.0. The molecular formula is C29H31BrCl2N2O3. The molecule has 37 heavy (non-hydrogen) atoms. The highest BCUT2D eigenvalue weighted by molar-refractivity contribution is 9.10. The number of amides is 2. The van der Waals surface area contributed by atoms with Crippen LogP contribution in [0.25, 0.3) is 0 Å². The van der Waals surface area contributed by atoms with Crippen molar-refractivity contribution in [3.63, 3.8) is 0 Å². The minimum atomic E-state index is -0.772. The van der Waals surface area contributed by atoms with Gasteiger partial charge >= 0.3 is 0 Å². The number of hydrogen-bond acceptors (Lipinski definition) is 3. The summed E-state index contributed by atoms with van der Waals surface area (Å²) in [7, 11) is 0. The zero-order chi connectivity index (χ0) is 26.9. The zero-order valence-electron chi connectivity index (χ0n) is 21.1. The van der Waals surface area contributed by atoms with Gasteiger partial charge in [-0.1, -0.05) is 82.5 Å². The molecule has 0 aliphatic carbocycles. The van der Waals surface area contributed by atoms with Crippen LogP contribution in [-0.2, 0) is 22.6 Å². The summed E-state index contributed by atoms with van der Waals surface area (Å²) < 4.78 is 6.81. The lowest BCUT2D eigenvalue weighted by molar-refractivity contribution is -0.143. The van der Waals surface area contributed by atoms with Gasteiger partial charge in [-0.15, -0.1) is 0 Å². The summed E-state index contributed by atoms with van der Waals surface area (Å²) in [5.74, 6) is 0.0186. The Labute approximate surface area is 237 Å². The predicted octanol–water partition coefficient (Wildman–Crippen LogP) is 7.00. The Morgan fingerprint density at radius 3 is 2.43 bits per heavy atom. The summed E-state index contributed by atoms with van der Waals surface area (Å²) >= 11 is 16.1. The van der Waals surface area contributed by atoms with E-state index in [1.165, 1.54) is 0 Å². The second kappa shape index (κ2) is 13.8. The summed E-state index contributed by atoms with van der Waals surface area (Å²) in [6.07, 6.45) is 1.12. The molecule has 1 N–H and O–H groups in total. The molecule has 0 aliphatic rings. The molecule has 3 aromatic carbocycles. The second-order valence-electron chi connectivity index (χ2n) is 8.98. The number of nitrogens with one attached hydrogen (secondary N) is 1. The van der Waals surface area contributed by atoms with Crippen LogP contribution in [0.5, 0.6) is 5.75 Å². The van der Waals surface area contributed by atoms with Crippen molar-refractivity contribution < 1.29 is 14.3 Å². The Hall–Kier alpha value is -2.54. The maximum Gasteiger partial charge on any atom is 0.261 e. The molecule has 0 saturated heterocycles. The van der Waals surface area contributed by atoms with Crippen LogP contribution in [0.3, 0.4) is 0 Å². The monoisotopic (exact) mass is 604 g/mol. The Balaban J connectivity index is 1.94. The maximum absolute atomic E-state index is 13.7. The molecule has 0 aromatic heterocycles. The van der Waals surface area contributed by atoms with Gasteiger partial charge in [-0.2, -0.15) is 0 Å². The minimum Gasteiger partial charge on any atom is -0.484 e. The van der Waals surface area contributed by atoms with E-state index in [1.54, 1.807) is 29.2 Å². The van der Waals surface area contributed by atoms with Gasteiger partial charge < -0.3 is 15.0 Å². The van der Waals surface area contributed by atoms with Crippen molar-refractivity contribution in [1.29, 1.82) is 0 Å². The predicted molar refractivity (Wildman–Crippen MR) is 153 cm³/mol. The van der Waals surface area contributed by atoms with Gasteiger partial charge in [0.1, 0.15) is 11.8 Å². The lowest BCUT2D eigenvalue weighted by atomic mass is 10.0. The van der Waals surface area contributed by atoms with E-state index < -0.39 is 6.04 Å². The number of halogens is 3. The smallest absolute Gasteiger partial charge is 0.261 e. The highest BCUT2D eigenvalue weighted by Crippen LogP contribution is 2.25. The number of carbonyl (C=O) groups excluding carboxylic acids is 2. The third kappa shape index (κ3) is 8.49. The summed E-state index contributed by atoms with van der Waals surface area (Å²) in [6.45, 7) is 5.79. The van der Waals surface area contributed by atoms with Crippen LogP contribution in [0.4, 0.5) is 0 Å². The average molecular weight is 606 g/mol. The minimum absolute atomic E-state index is 0.0381. The maximum atomic E-state index is 13.7. The number of ether oxygens (including phenoxy) is 1. The summed E-state index contributed by atoms with van der Waals surface area (Å²) in [5.41, 5.74) is 2.62. The van der Waals surface area contributed by atoms with Crippen LogP contribution in [0, 0.1) is 6.92 Å². The molecule has 0 unspecified atom stereocenters. The van der Waals surface area contributed by atoms with Crippen molar-refractivity contribution in [3.05, 3.63) is 97.9 Å². The topological polar surface area (TPSA) is 58.6 Å². The fourth-order valence-corrected chi connectivity index (χ4v) is 4.48. The highest BCUT2D eigenvalue weighted by Gasteiger charge is 2.31. The van der Waals surface area contributed by atoms with Crippen LogP contribution in [0.1, 0.15) is 37.0 Å². The zero-order valence-corrected chi connectivity index (χ0v) is 24.2. The van der Waals surface area contributed by atoms with Crippen molar-refractivity contribution in [2.45, 2.75) is 52.2 Å². The lowest BCUT2D eigenvalue weighted by Gasteiger charge is -2.32. The third-order valence-corrected chi connectivity index (χ3v) is 7.60. The molecule has 8 heteroatoms. The van der Waals surface area contributed by atoms with E-state index in [9.17, 15) is 9.59 Å². The van der Waals surface area contributed by atoms with E-state index >= 15 is 0 Å². The SMILES string of the molecule is CC[C@@H](C)NC(=O)[C@H](Cc1ccccc1)N(Cc1ccc(Cl)cc1Cl)C(=O)COc1ccc(Br)c(C)c1. The standard InChI is InChI=1S/C29H31BrCl2N2O3/c1-4-20(3)33-29(36)27(15-21-8-6-5-7-9-21)34(17-22-10-11-23(31)16-26(22)32)28(35)18-37-24-12-13-25(30)19(2)14-24/h5-14,16,20,27H,4,15,17-18H2,1-3H3,(H,33,36)/t20-,27+/m1/s1. The summed E-state index contributed by atoms with van der Waals surface area (Å²) in [6, 6.07) is 19.5. The number of benzene rings is 3. The fourth-order valence-electron chi connectivity index (χ4n) is 3.76. The quantitative estimate of drug-likeness (QED) is 0.256. The molecule has 0 spiro atoms. The lowest BCUT2D eigenvalue weighted by Crippen LogP contribution is -2.53. The van der Waals surface area contributed by atoms with Gasteiger partial charge in [0.05, 0.1) is 0 Å². The molecule has 0 aliphatic heterocycles. The first-order valence-corrected chi connectivity index (χ1v) is 13.7. The molecule has 0 heterocycles. The van der Waals surface area contributed by atoms with E-state index in [0.29, 0.717) is 27.8 Å². The Kier molecular flexibility index (Phi) is 10.9. The summed E-state index contributed by atoms with van der Waals surface area (Å²) in [4.78, 5) is 28.8. The van der Waals surface area contributed by atoms with Crippen molar-refractivity contribution in [2.75, 3.05) is 6.61 Å². The Morgan fingerprint density at radius 2 is 1.78 bits per heavy atom. The molecule has 2 atom stereocenters. The summed E-state index contributed by atoms with van der Waals surface area (Å²) in [5, 5.41) is 3.97. The normalized spacial score (nSPS) is 12.5. The molecular weight excluding hydrogens is 575 g/mol. The number of nitrogens with zero attached hydrogens (tertiary/aromatic N) is 1. The van der Waals surface area contributed by atoms with Crippen LogP contribution in [0.2, 0.25) is 10.0 Å². The van der Waals surface area contributed by atoms with Crippen molar-refractivity contribution >= 4 is 50.9 Å². The van der Waals surface area contributed by atoms with Gasteiger partial charge in [-0.3, -0.25) is 9.59 Å². The number of carbonyl (C=O) groups is 2. The molecule has 3 rings (SSSR count). The van der Waals surface area contributed by atoms with Gasteiger partial charge in [-0.05, 0) is 67.3 Å². The van der Waals surface area contributed by atoms with E-state index in [4.69, 9.17) is 27.9 Å². The number of hydrogen-bond donors (Lipinski definition) is 1. The van der Waals surface area contributed by atoms with Crippen LogP contribution >= 0.6 is 39.1 Å². The largest absolute Gasteiger partial charge is 0.484 e. The Morgan fingerprint density at radius 1 is 1.05 bits per heavy atom. The van der Waals surface area contributed by atoms with E-state index in [1.807, 2.05) is 63.2 Å². The van der Waals surface area contributed by atoms with Crippen molar-refractivity contribution in [1.82, 2.24) is 10.2 Å². The molecule has 3 aromatic rings. The van der Waals surface area contributed by atoms with Gasteiger partial charge in [0, 0.05) is 33.5 Å². The van der Waals surface area contributed by atoms with E-state index in [0.717, 1.165) is 22.0 Å². The molecule has 0 radical (unpaired) electrons. The van der Waals surface area contributed by atoms with Gasteiger partial charge in [0.25, 0.3) is 5.91 Å². The Bertz CT molecular complexity index is 1220. The highest BCUT2D eigenvalue weighted by atomic mass is 79.9. The third-order valence-electron chi connectivity index (χ3n) is 6.12. The molecule has 2 amide bonds. The van der Waals surface area contributed by atoms with Crippen molar-refractivity contribution in [3.8, 4) is 5.75 Å². The molecule has 0 bridgehead atoms. The average Bonchev–Trinajstić information content (AvgIpc) is 2.88. The molecule has 0 fully saturated rings. The van der Waals surface area contributed by atoms with Crippen LogP contribution in [-0.4, -0.2) is 35.4 Å². The first-order valence-electron chi connectivity index (χ1n) is 12.1. The van der Waals surface area contributed by atoms with Gasteiger partial charge in [0.15, 0.2) is 6.61 Å². The molecule has 196 valence electrons. The van der Waals surface area contributed by atoms with Crippen molar-refractivity contribution in [2.24, 2.45) is 0 Å². The fraction of sp³-hybridized carbons (Fsp3) is 0.310. The molecule has 0 saturated carbocycles. The van der Waals surface area contributed by atoms with E-state index in [-0.39, 0.29) is 31.0 Å². The number of rotatable bonds is 11. The number of aryl methyl sites for hydroxylation is 1. The van der Waals surface area contributed by atoms with Gasteiger partial charge in [0.2, 0.25) is 5.91 Å².